The number of hydrogen-bond acceptors (Lipinski definition) is 3. The second-order valence-electron chi connectivity index (χ2n) is 2.73. The van der Waals surface area contributed by atoms with Gasteiger partial charge in [-0.05, 0) is 24.3 Å². The Morgan fingerprint density at radius 1 is 1.00 bits per heavy atom. The van der Waals surface area contributed by atoms with Gasteiger partial charge < -0.3 is 0 Å². The quantitative estimate of drug-likeness (QED) is 0.733. The van der Waals surface area contributed by atoms with Gasteiger partial charge in [-0.25, -0.2) is 14.4 Å². The normalized spacial score (nSPS) is 10.3. The Labute approximate surface area is 89.4 Å². The number of hydrogen-bond donors (Lipinski definition) is 0. The van der Waals surface area contributed by atoms with Gasteiger partial charge in [0.25, 0.3) is 0 Å². The van der Waals surface area contributed by atoms with Crippen molar-refractivity contribution >= 4 is 11.8 Å². The smallest absolute Gasteiger partial charge is 0.217 e. The summed E-state index contributed by atoms with van der Waals surface area (Å²) >= 11 is 1.25. The average molecular weight is 224 g/mol. The molecule has 0 saturated heterocycles. The van der Waals surface area contributed by atoms with Gasteiger partial charge in [-0.2, -0.15) is 4.39 Å². The third-order valence-electron chi connectivity index (χ3n) is 1.64. The van der Waals surface area contributed by atoms with Crippen LogP contribution >= 0.6 is 11.8 Å². The fourth-order valence-electron chi connectivity index (χ4n) is 0.997. The molecule has 0 unspecified atom stereocenters. The molecule has 76 valence electrons. The van der Waals surface area contributed by atoms with Crippen LogP contribution in [0.15, 0.2) is 46.6 Å². The number of nitrogens with zero attached hydrogens (tertiary/aromatic N) is 2. The van der Waals surface area contributed by atoms with Gasteiger partial charge in [-0.15, -0.1) is 0 Å². The lowest BCUT2D eigenvalue weighted by Gasteiger charge is -1.99. The van der Waals surface area contributed by atoms with E-state index in [-0.39, 0.29) is 5.82 Å². The summed E-state index contributed by atoms with van der Waals surface area (Å²) in [5.74, 6) is -0.872. The molecule has 0 bridgehead atoms. The summed E-state index contributed by atoms with van der Waals surface area (Å²) in [6.07, 6.45) is 1.15. The molecule has 0 fully saturated rings. The molecule has 0 amide bonds. The zero-order valence-electron chi connectivity index (χ0n) is 7.52. The van der Waals surface area contributed by atoms with E-state index >= 15 is 0 Å². The second kappa shape index (κ2) is 4.35. The highest BCUT2D eigenvalue weighted by Gasteiger charge is 2.00. The van der Waals surface area contributed by atoms with E-state index in [9.17, 15) is 8.78 Å². The molecule has 2 nitrogen and oxygen atoms in total. The molecule has 0 aliphatic carbocycles. The largest absolute Gasteiger partial charge is 0.229 e. The number of rotatable bonds is 2. The molecule has 0 aliphatic rings. The van der Waals surface area contributed by atoms with E-state index in [0.29, 0.717) is 5.03 Å². The van der Waals surface area contributed by atoms with Crippen molar-refractivity contribution in [2.45, 2.75) is 9.92 Å². The first kappa shape index (κ1) is 10.0. The van der Waals surface area contributed by atoms with E-state index in [1.807, 2.05) is 0 Å². The SMILES string of the molecule is Fc1ccc(Sc2cc(F)ncn2)cc1. The lowest BCUT2D eigenvalue weighted by Crippen LogP contribution is -1.86. The first-order chi connectivity index (χ1) is 7.24. The van der Waals surface area contributed by atoms with Crippen LogP contribution in [0, 0.1) is 11.8 Å². The monoisotopic (exact) mass is 224 g/mol. The Hall–Kier alpha value is -1.49. The summed E-state index contributed by atoms with van der Waals surface area (Å²) in [5.41, 5.74) is 0. The van der Waals surface area contributed by atoms with Crippen LogP contribution in [0.5, 0.6) is 0 Å². The zero-order valence-corrected chi connectivity index (χ0v) is 8.34. The average Bonchev–Trinajstić information content (AvgIpc) is 2.22. The van der Waals surface area contributed by atoms with Crippen LogP contribution in [0.3, 0.4) is 0 Å². The van der Waals surface area contributed by atoms with Crippen molar-refractivity contribution in [2.24, 2.45) is 0 Å². The number of halogens is 2. The molecule has 15 heavy (non-hydrogen) atoms. The van der Waals surface area contributed by atoms with Crippen LogP contribution in [-0.4, -0.2) is 9.97 Å². The molecule has 2 aromatic rings. The van der Waals surface area contributed by atoms with Gasteiger partial charge in [0.15, 0.2) is 0 Å². The predicted octanol–water partition coefficient (Wildman–Crippen LogP) is 2.91. The van der Waals surface area contributed by atoms with E-state index in [4.69, 9.17) is 0 Å². The molecule has 0 atom stereocenters. The minimum atomic E-state index is -0.574. The number of aromatic nitrogens is 2. The van der Waals surface area contributed by atoms with Gasteiger partial charge in [-0.1, -0.05) is 11.8 Å². The Kier molecular flexibility index (Phi) is 2.91. The van der Waals surface area contributed by atoms with Crippen LogP contribution < -0.4 is 0 Å². The summed E-state index contributed by atoms with van der Waals surface area (Å²) in [6.45, 7) is 0. The maximum absolute atomic E-state index is 12.7. The van der Waals surface area contributed by atoms with Crippen molar-refractivity contribution in [1.82, 2.24) is 9.97 Å². The van der Waals surface area contributed by atoms with Gasteiger partial charge in [0.2, 0.25) is 5.95 Å². The van der Waals surface area contributed by atoms with Crippen molar-refractivity contribution in [3.8, 4) is 0 Å². The highest BCUT2D eigenvalue weighted by molar-refractivity contribution is 7.99. The van der Waals surface area contributed by atoms with E-state index in [1.165, 1.54) is 30.0 Å². The molecule has 0 aliphatic heterocycles. The van der Waals surface area contributed by atoms with Crippen molar-refractivity contribution in [3.63, 3.8) is 0 Å². The van der Waals surface area contributed by atoms with Crippen LogP contribution in [0.2, 0.25) is 0 Å². The highest BCUT2D eigenvalue weighted by Crippen LogP contribution is 2.25. The van der Waals surface area contributed by atoms with E-state index < -0.39 is 5.95 Å². The maximum Gasteiger partial charge on any atom is 0.217 e. The first-order valence-corrected chi connectivity index (χ1v) is 4.97. The van der Waals surface area contributed by atoms with Gasteiger partial charge in [0, 0.05) is 11.0 Å². The highest BCUT2D eigenvalue weighted by atomic mass is 32.2. The summed E-state index contributed by atoms with van der Waals surface area (Å²) in [6, 6.07) is 7.15. The van der Waals surface area contributed by atoms with Gasteiger partial charge in [0.05, 0.1) is 0 Å². The minimum absolute atomic E-state index is 0.298. The fraction of sp³-hybridized carbons (Fsp3) is 0. The Balaban J connectivity index is 2.18. The molecule has 2 rings (SSSR count). The van der Waals surface area contributed by atoms with Crippen molar-refractivity contribution in [3.05, 3.63) is 48.4 Å². The lowest BCUT2D eigenvalue weighted by atomic mass is 10.4. The van der Waals surface area contributed by atoms with Crippen molar-refractivity contribution in [2.75, 3.05) is 0 Å². The molecule has 1 heterocycles. The summed E-state index contributed by atoms with van der Waals surface area (Å²) in [7, 11) is 0. The Morgan fingerprint density at radius 3 is 2.40 bits per heavy atom. The molecule has 0 saturated carbocycles. The third kappa shape index (κ3) is 2.73. The lowest BCUT2D eigenvalue weighted by molar-refractivity contribution is 0.572. The Morgan fingerprint density at radius 2 is 1.73 bits per heavy atom. The van der Waals surface area contributed by atoms with Gasteiger partial charge >= 0.3 is 0 Å². The molecule has 1 aromatic carbocycles. The summed E-state index contributed by atoms with van der Waals surface area (Å²) < 4.78 is 25.3. The standard InChI is InChI=1S/C10H6F2N2S/c11-7-1-3-8(4-2-7)15-10-5-9(12)13-6-14-10/h1-6H. The molecule has 1 aromatic heterocycles. The van der Waals surface area contributed by atoms with Crippen LogP contribution in [0.1, 0.15) is 0 Å². The van der Waals surface area contributed by atoms with Gasteiger partial charge in [0.1, 0.15) is 17.2 Å². The minimum Gasteiger partial charge on any atom is -0.229 e. The summed E-state index contributed by atoms with van der Waals surface area (Å²) in [5, 5.41) is 0.495. The predicted molar refractivity (Wildman–Crippen MR) is 52.5 cm³/mol. The van der Waals surface area contributed by atoms with E-state index in [0.717, 1.165) is 11.2 Å². The second-order valence-corrected chi connectivity index (χ2v) is 3.83. The summed E-state index contributed by atoms with van der Waals surface area (Å²) in [4.78, 5) is 8.02. The zero-order chi connectivity index (χ0) is 10.7. The molecule has 0 N–H and O–H groups in total. The third-order valence-corrected chi connectivity index (χ3v) is 2.58. The molecular formula is C10H6F2N2S. The molecular weight excluding hydrogens is 218 g/mol. The van der Waals surface area contributed by atoms with E-state index in [1.54, 1.807) is 12.1 Å². The first-order valence-electron chi connectivity index (χ1n) is 4.15. The van der Waals surface area contributed by atoms with Crippen molar-refractivity contribution < 1.29 is 8.78 Å². The number of benzene rings is 1. The molecule has 0 spiro atoms. The van der Waals surface area contributed by atoms with Crippen molar-refractivity contribution in [1.29, 1.82) is 0 Å². The molecule has 0 radical (unpaired) electrons. The topological polar surface area (TPSA) is 25.8 Å². The van der Waals surface area contributed by atoms with Gasteiger partial charge in [-0.3, -0.25) is 0 Å². The van der Waals surface area contributed by atoms with Crippen LogP contribution in [0.25, 0.3) is 0 Å². The Bertz CT molecular complexity index is 459. The van der Waals surface area contributed by atoms with E-state index in [2.05, 4.69) is 9.97 Å². The fourth-order valence-corrected chi connectivity index (χ4v) is 1.77. The van der Waals surface area contributed by atoms with Crippen LogP contribution in [0.4, 0.5) is 8.78 Å². The molecule has 5 heteroatoms. The van der Waals surface area contributed by atoms with Crippen LogP contribution in [-0.2, 0) is 0 Å². The maximum atomic E-state index is 12.7.